The van der Waals surface area contributed by atoms with Crippen molar-refractivity contribution in [2.24, 2.45) is 0 Å². The fourth-order valence-corrected chi connectivity index (χ4v) is 3.02. The van der Waals surface area contributed by atoms with Crippen molar-refractivity contribution in [1.29, 1.82) is 0 Å². The van der Waals surface area contributed by atoms with Crippen molar-refractivity contribution in [2.75, 3.05) is 18.5 Å². The second-order valence-corrected chi connectivity index (χ2v) is 5.62. The van der Waals surface area contributed by atoms with Crippen LogP contribution in [0.2, 0.25) is 0 Å². The van der Waals surface area contributed by atoms with Gasteiger partial charge in [0.2, 0.25) is 0 Å². The van der Waals surface area contributed by atoms with Gasteiger partial charge in [-0.3, -0.25) is 4.79 Å². The number of aromatic nitrogens is 1. The van der Waals surface area contributed by atoms with Crippen molar-refractivity contribution in [3.05, 3.63) is 9.88 Å². The molecule has 1 saturated carbocycles. The highest BCUT2D eigenvalue weighted by Gasteiger charge is 2.27. The zero-order valence-corrected chi connectivity index (χ0v) is 10.1. The Morgan fingerprint density at radius 3 is 3.06 bits per heavy atom. The Kier molecular flexibility index (Phi) is 2.35. The summed E-state index contributed by atoms with van der Waals surface area (Å²) in [4.78, 5) is 19.7. The van der Waals surface area contributed by atoms with Gasteiger partial charge in [0.05, 0.1) is 0 Å². The highest BCUT2D eigenvalue weighted by molar-refractivity contribution is 7.14. The molecule has 2 heterocycles. The Morgan fingerprint density at radius 1 is 1.56 bits per heavy atom. The number of fused-ring (bicyclic) bond motifs is 1. The lowest BCUT2D eigenvalue weighted by atomic mass is 10.2. The van der Waals surface area contributed by atoms with Crippen molar-refractivity contribution >= 4 is 23.1 Å². The van der Waals surface area contributed by atoms with Gasteiger partial charge < -0.3 is 10.2 Å². The number of carbonyl (C=O) groups is 1. The van der Waals surface area contributed by atoms with Crippen LogP contribution in [-0.2, 0) is 6.42 Å². The normalized spacial score (nSPS) is 19.4. The molecule has 1 aromatic rings. The molecule has 16 heavy (non-hydrogen) atoms. The first kappa shape index (κ1) is 10.1. The average molecular weight is 237 g/mol. The minimum atomic E-state index is 0.00954. The first-order valence-electron chi connectivity index (χ1n) is 5.76. The molecule has 0 spiro atoms. The monoisotopic (exact) mass is 237 g/mol. The van der Waals surface area contributed by atoms with Crippen LogP contribution < -0.4 is 10.2 Å². The van der Waals surface area contributed by atoms with Crippen molar-refractivity contribution in [2.45, 2.75) is 31.7 Å². The van der Waals surface area contributed by atoms with Gasteiger partial charge >= 0.3 is 0 Å². The molecule has 1 aliphatic heterocycles. The number of amides is 1. The lowest BCUT2D eigenvalue weighted by Gasteiger charge is -2.22. The van der Waals surface area contributed by atoms with Gasteiger partial charge in [-0.15, -0.1) is 11.3 Å². The Morgan fingerprint density at radius 2 is 2.38 bits per heavy atom. The van der Waals surface area contributed by atoms with E-state index in [1.54, 1.807) is 11.3 Å². The predicted molar refractivity (Wildman–Crippen MR) is 64.2 cm³/mol. The van der Waals surface area contributed by atoms with E-state index in [0.717, 1.165) is 38.0 Å². The van der Waals surface area contributed by atoms with Gasteiger partial charge in [-0.05, 0) is 25.7 Å². The number of rotatable bonds is 2. The summed E-state index contributed by atoms with van der Waals surface area (Å²) >= 11 is 1.55. The molecule has 1 aromatic heterocycles. The first-order chi connectivity index (χ1) is 7.74. The molecule has 1 N–H and O–H groups in total. The summed E-state index contributed by atoms with van der Waals surface area (Å²) in [6, 6.07) is 0.408. The molecule has 0 unspecified atom stereocenters. The summed E-state index contributed by atoms with van der Waals surface area (Å²) in [5, 5.41) is 3.61. The third kappa shape index (κ3) is 1.80. The highest BCUT2D eigenvalue weighted by Crippen LogP contribution is 2.31. The van der Waals surface area contributed by atoms with Crippen LogP contribution in [-0.4, -0.2) is 30.5 Å². The maximum Gasteiger partial charge on any atom is 0.280 e. The first-order valence-corrected chi connectivity index (χ1v) is 6.57. The molecule has 0 atom stereocenters. The van der Waals surface area contributed by atoms with Gasteiger partial charge in [0.1, 0.15) is 5.82 Å². The van der Waals surface area contributed by atoms with Crippen LogP contribution in [0.3, 0.4) is 0 Å². The van der Waals surface area contributed by atoms with E-state index in [4.69, 9.17) is 0 Å². The van der Waals surface area contributed by atoms with Crippen LogP contribution in [0.5, 0.6) is 0 Å². The van der Waals surface area contributed by atoms with Crippen molar-refractivity contribution in [1.82, 2.24) is 10.3 Å². The highest BCUT2D eigenvalue weighted by atomic mass is 32.1. The summed E-state index contributed by atoms with van der Waals surface area (Å²) in [6.07, 6.45) is 4.47. The number of aryl methyl sites for hydroxylation is 1. The number of nitrogens with zero attached hydrogens (tertiary/aromatic N) is 2. The zero-order valence-electron chi connectivity index (χ0n) is 9.32. The third-order valence-electron chi connectivity index (χ3n) is 3.04. The van der Waals surface area contributed by atoms with E-state index in [0.29, 0.717) is 11.0 Å². The van der Waals surface area contributed by atoms with Crippen LogP contribution in [0.1, 0.15) is 33.9 Å². The van der Waals surface area contributed by atoms with E-state index < -0.39 is 0 Å². The number of hydrogen-bond donors (Lipinski definition) is 1. The molecule has 5 heteroatoms. The predicted octanol–water partition coefficient (Wildman–Crippen LogP) is 1.42. The van der Waals surface area contributed by atoms with E-state index in [-0.39, 0.29) is 5.91 Å². The van der Waals surface area contributed by atoms with Gasteiger partial charge in [-0.2, -0.15) is 0 Å². The molecule has 1 aliphatic carbocycles. The summed E-state index contributed by atoms with van der Waals surface area (Å²) in [5.74, 6) is 1.02. The lowest BCUT2D eigenvalue weighted by molar-refractivity contribution is 0.0951. The summed E-state index contributed by atoms with van der Waals surface area (Å²) in [5.41, 5.74) is 0. The standard InChI is InChI=1S/C11H15N3OS/c1-14-6-2-3-8-9(14)13-11(16-8)10(15)12-7-4-5-7/h7H,2-6H2,1H3,(H,12,15). The van der Waals surface area contributed by atoms with Crippen LogP contribution in [0.25, 0.3) is 0 Å². The molecule has 0 radical (unpaired) electrons. The molecular formula is C11H15N3OS. The second kappa shape index (κ2) is 3.73. The molecule has 1 fully saturated rings. The van der Waals surface area contributed by atoms with E-state index in [1.807, 2.05) is 7.05 Å². The maximum absolute atomic E-state index is 11.8. The van der Waals surface area contributed by atoms with E-state index in [9.17, 15) is 4.79 Å². The number of hydrogen-bond acceptors (Lipinski definition) is 4. The second-order valence-electron chi connectivity index (χ2n) is 4.54. The molecule has 1 amide bonds. The minimum absolute atomic E-state index is 0.00954. The Labute approximate surface area is 98.7 Å². The van der Waals surface area contributed by atoms with Gasteiger partial charge in [0.15, 0.2) is 5.01 Å². The quantitative estimate of drug-likeness (QED) is 0.846. The molecule has 0 saturated heterocycles. The van der Waals surface area contributed by atoms with Gasteiger partial charge in [0.25, 0.3) is 5.91 Å². The molecular weight excluding hydrogens is 222 g/mol. The van der Waals surface area contributed by atoms with Gasteiger partial charge in [-0.1, -0.05) is 0 Å². The third-order valence-corrected chi connectivity index (χ3v) is 4.15. The van der Waals surface area contributed by atoms with Crippen molar-refractivity contribution in [3.8, 4) is 0 Å². The molecule has 86 valence electrons. The SMILES string of the molecule is CN1CCCc2sc(C(=O)NC3CC3)nc21. The molecule has 0 bridgehead atoms. The smallest absolute Gasteiger partial charge is 0.280 e. The number of nitrogens with one attached hydrogen (secondary N) is 1. The topological polar surface area (TPSA) is 45.2 Å². The van der Waals surface area contributed by atoms with Gasteiger partial charge in [0, 0.05) is 24.5 Å². The van der Waals surface area contributed by atoms with E-state index in [1.165, 1.54) is 4.88 Å². The molecule has 3 rings (SSSR count). The Hall–Kier alpha value is -1.10. The zero-order chi connectivity index (χ0) is 11.1. The fraction of sp³-hybridized carbons (Fsp3) is 0.636. The summed E-state index contributed by atoms with van der Waals surface area (Å²) in [7, 11) is 2.04. The molecule has 2 aliphatic rings. The maximum atomic E-state index is 11.8. The number of thiazole rings is 1. The average Bonchev–Trinajstić information content (AvgIpc) is 2.95. The Bertz CT molecular complexity index is 425. The number of carbonyl (C=O) groups excluding carboxylic acids is 1. The Balaban J connectivity index is 1.82. The lowest BCUT2D eigenvalue weighted by Crippen LogP contribution is -2.26. The fourth-order valence-electron chi connectivity index (χ4n) is 1.96. The molecule has 0 aromatic carbocycles. The van der Waals surface area contributed by atoms with Crippen LogP contribution >= 0.6 is 11.3 Å². The molecule has 4 nitrogen and oxygen atoms in total. The number of anilines is 1. The van der Waals surface area contributed by atoms with Crippen LogP contribution in [0.15, 0.2) is 0 Å². The largest absolute Gasteiger partial charge is 0.359 e. The van der Waals surface area contributed by atoms with E-state index >= 15 is 0 Å². The van der Waals surface area contributed by atoms with Crippen LogP contribution in [0, 0.1) is 0 Å². The van der Waals surface area contributed by atoms with Crippen molar-refractivity contribution in [3.63, 3.8) is 0 Å². The summed E-state index contributed by atoms with van der Waals surface area (Å²) < 4.78 is 0. The van der Waals surface area contributed by atoms with Crippen molar-refractivity contribution < 1.29 is 4.79 Å². The van der Waals surface area contributed by atoms with Crippen LogP contribution in [0.4, 0.5) is 5.82 Å². The van der Waals surface area contributed by atoms with E-state index in [2.05, 4.69) is 15.2 Å². The van der Waals surface area contributed by atoms with Gasteiger partial charge in [-0.25, -0.2) is 4.98 Å². The minimum Gasteiger partial charge on any atom is -0.359 e. The summed E-state index contributed by atoms with van der Waals surface area (Å²) in [6.45, 7) is 1.04.